The molecule has 0 spiro atoms. The van der Waals surface area contributed by atoms with Gasteiger partial charge in [-0.25, -0.2) is 4.99 Å². The van der Waals surface area contributed by atoms with E-state index in [1.165, 1.54) is 42.0 Å². The summed E-state index contributed by atoms with van der Waals surface area (Å²) in [4.78, 5) is 5.28. The lowest BCUT2D eigenvalue weighted by Crippen LogP contribution is -2.22. The van der Waals surface area contributed by atoms with Gasteiger partial charge in [-0.2, -0.15) is 0 Å². The van der Waals surface area contributed by atoms with Crippen molar-refractivity contribution in [2.24, 2.45) is 10.7 Å². The van der Waals surface area contributed by atoms with Crippen LogP contribution in [-0.4, -0.2) is 15.1 Å². The summed E-state index contributed by atoms with van der Waals surface area (Å²) in [6, 6.07) is 58.2. The van der Waals surface area contributed by atoms with Gasteiger partial charge >= 0.3 is 0 Å². The van der Waals surface area contributed by atoms with E-state index in [4.69, 9.17) is 10.7 Å². The maximum atomic E-state index is 7.18. The summed E-state index contributed by atoms with van der Waals surface area (Å²) in [5, 5.41) is 7.20. The van der Waals surface area contributed by atoms with Crippen LogP contribution in [0.5, 0.6) is 0 Å². The first-order valence-electron chi connectivity index (χ1n) is 17.2. The van der Waals surface area contributed by atoms with Crippen LogP contribution in [0.1, 0.15) is 11.1 Å². The van der Waals surface area contributed by atoms with Crippen molar-refractivity contribution in [3.63, 3.8) is 0 Å². The Morgan fingerprint density at radius 2 is 1.14 bits per heavy atom. The number of hydrogen-bond acceptors (Lipinski definition) is 2. The summed E-state index contributed by atoms with van der Waals surface area (Å²) in [6.45, 7) is 0. The Morgan fingerprint density at radius 1 is 0.529 bits per heavy atom. The van der Waals surface area contributed by atoms with E-state index in [2.05, 4.69) is 179 Å². The summed E-state index contributed by atoms with van der Waals surface area (Å²) >= 11 is 1.82. The Bertz CT molecular complexity index is 3000. The van der Waals surface area contributed by atoms with Gasteiger partial charge in [-0.3, -0.25) is 4.57 Å². The van der Waals surface area contributed by atoms with E-state index in [1.54, 1.807) is 0 Å². The van der Waals surface area contributed by atoms with E-state index >= 15 is 0 Å². The summed E-state index contributed by atoms with van der Waals surface area (Å²) < 4.78 is 7.02. The molecule has 0 unspecified atom stereocenters. The monoisotopic (exact) mass is 672 g/mol. The third-order valence-corrected chi connectivity index (χ3v) is 11.1. The lowest BCUT2D eigenvalue weighted by molar-refractivity contribution is 1.18. The van der Waals surface area contributed by atoms with Crippen LogP contribution in [0.4, 0.5) is 0 Å². The van der Waals surface area contributed by atoms with Gasteiger partial charge in [0, 0.05) is 53.0 Å². The second kappa shape index (κ2) is 11.9. The number of benzene rings is 7. The number of rotatable bonds is 5. The van der Waals surface area contributed by atoms with Gasteiger partial charge in [0.2, 0.25) is 5.96 Å². The highest BCUT2D eigenvalue weighted by atomic mass is 32.1. The SMILES string of the molecule is NC(=N/C(=C\Cc1ccccc1)c1ccc2c(c1)sc1ccccc12)n1c2ccccc2c2cc3c(cc21)c1ccccc1n3-c1ccccc1. The molecule has 0 amide bonds. The van der Waals surface area contributed by atoms with Gasteiger partial charge in [0.1, 0.15) is 0 Å². The second-order valence-electron chi connectivity index (χ2n) is 13.0. The normalized spacial score (nSPS) is 12.7. The summed E-state index contributed by atoms with van der Waals surface area (Å²) in [5.74, 6) is 0.433. The average molecular weight is 673 g/mol. The first-order chi connectivity index (χ1) is 25.2. The van der Waals surface area contributed by atoms with Gasteiger partial charge in [0.05, 0.1) is 27.8 Å². The molecule has 0 saturated carbocycles. The lowest BCUT2D eigenvalue weighted by Gasteiger charge is -2.10. The summed E-state index contributed by atoms with van der Waals surface area (Å²) in [5.41, 5.74) is 15.8. The van der Waals surface area contributed by atoms with Crippen molar-refractivity contribution in [1.82, 2.24) is 9.13 Å². The van der Waals surface area contributed by atoms with Crippen LogP contribution < -0.4 is 5.73 Å². The predicted octanol–water partition coefficient (Wildman–Crippen LogP) is 11.7. The molecule has 4 nitrogen and oxygen atoms in total. The van der Waals surface area contributed by atoms with Crippen LogP contribution in [0.25, 0.3) is 75.2 Å². The molecule has 10 rings (SSSR count). The van der Waals surface area contributed by atoms with Crippen LogP contribution >= 0.6 is 11.3 Å². The molecular weight excluding hydrogens is 641 g/mol. The summed E-state index contributed by atoms with van der Waals surface area (Å²) in [7, 11) is 0. The van der Waals surface area contributed by atoms with Gasteiger partial charge in [-0.15, -0.1) is 11.3 Å². The van der Waals surface area contributed by atoms with Crippen LogP contribution in [-0.2, 0) is 6.42 Å². The Labute approximate surface area is 298 Å². The number of aliphatic imine (C=N–C) groups is 1. The highest BCUT2D eigenvalue weighted by Crippen LogP contribution is 2.39. The van der Waals surface area contributed by atoms with Crippen LogP contribution in [0.15, 0.2) is 175 Å². The van der Waals surface area contributed by atoms with E-state index < -0.39 is 0 Å². The Balaban J connectivity index is 1.20. The molecule has 0 radical (unpaired) electrons. The Kier molecular flexibility index (Phi) is 6.86. The van der Waals surface area contributed by atoms with E-state index in [-0.39, 0.29) is 0 Å². The number of aromatic nitrogens is 2. The minimum atomic E-state index is 0.433. The van der Waals surface area contributed by atoms with E-state index in [0.717, 1.165) is 50.7 Å². The predicted molar refractivity (Wildman–Crippen MR) is 218 cm³/mol. The fourth-order valence-corrected chi connectivity index (χ4v) is 8.79. The maximum absolute atomic E-state index is 7.18. The Morgan fingerprint density at radius 3 is 1.94 bits per heavy atom. The molecule has 3 aromatic heterocycles. The van der Waals surface area contributed by atoms with Crippen molar-refractivity contribution < 1.29 is 0 Å². The van der Waals surface area contributed by atoms with Crippen molar-refractivity contribution in [2.45, 2.75) is 6.42 Å². The quantitative estimate of drug-likeness (QED) is 0.144. The van der Waals surface area contributed by atoms with Gasteiger partial charge in [-0.1, -0.05) is 121 Å². The van der Waals surface area contributed by atoms with Crippen LogP contribution in [0.3, 0.4) is 0 Å². The first kappa shape index (κ1) is 29.5. The molecule has 0 aliphatic carbocycles. The molecule has 0 saturated heterocycles. The van der Waals surface area contributed by atoms with Gasteiger partial charge in [-0.05, 0) is 60.5 Å². The van der Waals surface area contributed by atoms with Crippen molar-refractivity contribution >= 4 is 86.8 Å². The number of hydrogen-bond donors (Lipinski definition) is 1. The van der Waals surface area contributed by atoms with Gasteiger partial charge < -0.3 is 10.3 Å². The van der Waals surface area contributed by atoms with E-state index in [9.17, 15) is 0 Å². The molecule has 2 N–H and O–H groups in total. The number of nitrogens with two attached hydrogens (primary N) is 1. The fourth-order valence-electron chi connectivity index (χ4n) is 7.65. The van der Waals surface area contributed by atoms with Crippen LogP contribution in [0, 0.1) is 0 Å². The standard InChI is InChI=1S/C46H32N4S/c47-46(48-39(26-23-30-13-3-1-4-14-30)31-24-25-36-35-19-9-12-22-44(35)51-45(36)27-31)50-41-21-11-8-18-34(41)38-28-42-37(29-43(38)50)33-17-7-10-20-40(33)49(42)32-15-5-2-6-16-32/h1-22,24-29H,23H2,(H2,47,48)/b39-26-. The molecule has 242 valence electrons. The largest absolute Gasteiger partial charge is 0.369 e. The molecule has 51 heavy (non-hydrogen) atoms. The molecule has 0 aliphatic rings. The van der Waals surface area contributed by atoms with Gasteiger partial charge in [0.15, 0.2) is 0 Å². The topological polar surface area (TPSA) is 48.2 Å². The Hall–Kier alpha value is -6.43. The number of allylic oxidation sites excluding steroid dienone is 1. The zero-order valence-electron chi connectivity index (χ0n) is 27.7. The molecule has 0 fully saturated rings. The third kappa shape index (κ3) is 4.85. The minimum Gasteiger partial charge on any atom is -0.369 e. The molecule has 7 aromatic carbocycles. The highest BCUT2D eigenvalue weighted by Gasteiger charge is 2.19. The molecule has 0 atom stereocenters. The molecule has 10 aromatic rings. The van der Waals surface area contributed by atoms with E-state index in [1.807, 2.05) is 11.3 Å². The number of para-hydroxylation sites is 3. The molecule has 5 heteroatoms. The van der Waals surface area contributed by atoms with Crippen LogP contribution in [0.2, 0.25) is 0 Å². The molecular formula is C46H32N4S. The highest BCUT2D eigenvalue weighted by molar-refractivity contribution is 7.25. The third-order valence-electron chi connectivity index (χ3n) is 9.99. The molecule has 0 bridgehead atoms. The molecule has 0 aliphatic heterocycles. The van der Waals surface area contributed by atoms with Crippen molar-refractivity contribution in [3.8, 4) is 5.69 Å². The summed E-state index contributed by atoms with van der Waals surface area (Å²) in [6.07, 6.45) is 2.94. The van der Waals surface area contributed by atoms with Crippen molar-refractivity contribution in [3.05, 3.63) is 181 Å². The smallest absolute Gasteiger partial charge is 0.205 e. The zero-order valence-corrected chi connectivity index (χ0v) is 28.5. The average Bonchev–Trinajstić information content (AvgIpc) is 3.83. The zero-order chi connectivity index (χ0) is 33.9. The second-order valence-corrected chi connectivity index (χ2v) is 14.1. The maximum Gasteiger partial charge on any atom is 0.205 e. The van der Waals surface area contributed by atoms with Crippen molar-refractivity contribution in [1.29, 1.82) is 0 Å². The fraction of sp³-hybridized carbons (Fsp3) is 0.0217. The van der Waals surface area contributed by atoms with Crippen molar-refractivity contribution in [2.75, 3.05) is 0 Å². The number of nitrogens with zero attached hydrogens (tertiary/aromatic N) is 3. The molecule has 3 heterocycles. The minimum absolute atomic E-state index is 0.433. The number of thiophene rings is 1. The lowest BCUT2D eigenvalue weighted by atomic mass is 10.1. The number of fused-ring (bicyclic) bond motifs is 9. The first-order valence-corrected chi connectivity index (χ1v) is 18.0. The van der Waals surface area contributed by atoms with E-state index in [0.29, 0.717) is 5.96 Å². The van der Waals surface area contributed by atoms with Gasteiger partial charge in [0.25, 0.3) is 0 Å².